The molecule has 2 aromatic carbocycles. The van der Waals surface area contributed by atoms with Crippen molar-refractivity contribution in [3.8, 4) is 11.5 Å². The SMILES string of the molecule is COc1ccc(NC(=O)[C@H]2CCCN(C(=O)CCc3c[nH]c4ccccc34)C2)c(OC)c1. The fourth-order valence-electron chi connectivity index (χ4n) is 4.29. The Morgan fingerprint density at radius 1 is 1.16 bits per heavy atom. The number of aromatic amines is 1. The Morgan fingerprint density at radius 3 is 2.81 bits per heavy atom. The van der Waals surface area contributed by atoms with E-state index in [2.05, 4.69) is 16.4 Å². The third-order valence-corrected chi connectivity index (χ3v) is 6.09. The van der Waals surface area contributed by atoms with E-state index < -0.39 is 0 Å². The topological polar surface area (TPSA) is 83.7 Å². The smallest absolute Gasteiger partial charge is 0.229 e. The number of methoxy groups -OCH3 is 2. The van der Waals surface area contributed by atoms with E-state index in [-0.39, 0.29) is 17.7 Å². The molecule has 4 rings (SSSR count). The molecular formula is C25H29N3O4. The number of H-pyrrole nitrogens is 1. The van der Waals surface area contributed by atoms with Crippen molar-refractivity contribution in [2.24, 2.45) is 5.92 Å². The number of ether oxygens (including phenoxy) is 2. The number of para-hydroxylation sites is 1. The van der Waals surface area contributed by atoms with E-state index in [0.29, 0.717) is 43.1 Å². The lowest BCUT2D eigenvalue weighted by Crippen LogP contribution is -2.43. The van der Waals surface area contributed by atoms with Crippen LogP contribution < -0.4 is 14.8 Å². The summed E-state index contributed by atoms with van der Waals surface area (Å²) in [5, 5.41) is 4.11. The Labute approximate surface area is 187 Å². The summed E-state index contributed by atoms with van der Waals surface area (Å²) in [7, 11) is 3.14. The first-order valence-electron chi connectivity index (χ1n) is 10.9. The number of likely N-dealkylation sites (tertiary alicyclic amines) is 1. The fraction of sp³-hybridized carbons (Fsp3) is 0.360. The van der Waals surface area contributed by atoms with E-state index in [4.69, 9.17) is 9.47 Å². The van der Waals surface area contributed by atoms with Gasteiger partial charge in [-0.15, -0.1) is 0 Å². The number of anilines is 1. The Balaban J connectivity index is 1.35. The van der Waals surface area contributed by atoms with Gasteiger partial charge >= 0.3 is 0 Å². The Hall–Kier alpha value is -3.48. The molecule has 0 radical (unpaired) electrons. The van der Waals surface area contributed by atoms with Crippen LogP contribution >= 0.6 is 0 Å². The first-order valence-corrected chi connectivity index (χ1v) is 10.9. The summed E-state index contributed by atoms with van der Waals surface area (Å²) in [5.74, 6) is 0.953. The van der Waals surface area contributed by atoms with E-state index in [9.17, 15) is 9.59 Å². The summed E-state index contributed by atoms with van der Waals surface area (Å²) in [6.07, 6.45) is 4.67. The molecule has 168 valence electrons. The molecule has 7 nitrogen and oxygen atoms in total. The molecule has 0 unspecified atom stereocenters. The molecule has 0 aliphatic carbocycles. The summed E-state index contributed by atoms with van der Waals surface area (Å²) in [5.41, 5.74) is 2.83. The number of hydrogen-bond acceptors (Lipinski definition) is 4. The van der Waals surface area contributed by atoms with Crippen LogP contribution in [0.15, 0.2) is 48.7 Å². The van der Waals surface area contributed by atoms with Crippen molar-refractivity contribution in [1.82, 2.24) is 9.88 Å². The summed E-state index contributed by atoms with van der Waals surface area (Å²) < 4.78 is 10.6. The molecule has 32 heavy (non-hydrogen) atoms. The molecule has 1 aliphatic rings. The number of rotatable bonds is 7. The van der Waals surface area contributed by atoms with Crippen molar-refractivity contribution >= 4 is 28.4 Å². The van der Waals surface area contributed by atoms with Gasteiger partial charge in [0.25, 0.3) is 0 Å². The summed E-state index contributed by atoms with van der Waals surface area (Å²) in [4.78, 5) is 30.9. The summed E-state index contributed by atoms with van der Waals surface area (Å²) >= 11 is 0. The van der Waals surface area contributed by atoms with Crippen LogP contribution in [0, 0.1) is 5.92 Å². The fourth-order valence-corrected chi connectivity index (χ4v) is 4.29. The van der Waals surface area contributed by atoms with E-state index in [1.165, 1.54) is 0 Å². The van der Waals surface area contributed by atoms with Gasteiger partial charge in [-0.3, -0.25) is 9.59 Å². The molecule has 1 atom stereocenters. The molecule has 0 bridgehead atoms. The number of carbonyl (C=O) groups is 2. The second-order valence-corrected chi connectivity index (χ2v) is 8.09. The number of nitrogens with zero attached hydrogens (tertiary/aromatic N) is 1. The maximum atomic E-state index is 12.9. The Kier molecular flexibility index (Phi) is 6.63. The van der Waals surface area contributed by atoms with Gasteiger partial charge in [-0.2, -0.15) is 0 Å². The average molecular weight is 436 g/mol. The molecule has 1 saturated heterocycles. The number of carbonyl (C=O) groups excluding carboxylic acids is 2. The van der Waals surface area contributed by atoms with Crippen LogP contribution in [0.5, 0.6) is 11.5 Å². The molecule has 2 heterocycles. The maximum absolute atomic E-state index is 12.9. The molecule has 2 amide bonds. The second-order valence-electron chi connectivity index (χ2n) is 8.09. The lowest BCUT2D eigenvalue weighted by atomic mass is 9.96. The predicted octanol–water partition coefficient (Wildman–Crippen LogP) is 4.00. The van der Waals surface area contributed by atoms with E-state index in [1.807, 2.05) is 29.3 Å². The number of amides is 2. The molecule has 1 aliphatic heterocycles. The van der Waals surface area contributed by atoms with Crippen molar-refractivity contribution in [2.45, 2.75) is 25.7 Å². The van der Waals surface area contributed by atoms with Crippen molar-refractivity contribution in [3.63, 3.8) is 0 Å². The number of hydrogen-bond donors (Lipinski definition) is 2. The molecule has 2 N–H and O–H groups in total. The van der Waals surface area contributed by atoms with Crippen LogP contribution in [0.3, 0.4) is 0 Å². The Bertz CT molecular complexity index is 1110. The van der Waals surface area contributed by atoms with Gasteiger partial charge in [0, 0.05) is 42.7 Å². The highest BCUT2D eigenvalue weighted by atomic mass is 16.5. The average Bonchev–Trinajstić information content (AvgIpc) is 3.26. The zero-order chi connectivity index (χ0) is 22.5. The minimum absolute atomic E-state index is 0.0924. The first kappa shape index (κ1) is 21.7. The molecule has 1 fully saturated rings. The van der Waals surface area contributed by atoms with Crippen LogP contribution in [-0.2, 0) is 16.0 Å². The third-order valence-electron chi connectivity index (χ3n) is 6.09. The number of piperidine rings is 1. The molecule has 0 saturated carbocycles. The number of nitrogens with one attached hydrogen (secondary N) is 2. The molecule has 1 aromatic heterocycles. The number of benzene rings is 2. The van der Waals surface area contributed by atoms with Crippen LogP contribution in [0.2, 0.25) is 0 Å². The highest BCUT2D eigenvalue weighted by molar-refractivity contribution is 5.94. The van der Waals surface area contributed by atoms with E-state index in [1.54, 1.807) is 32.4 Å². The highest BCUT2D eigenvalue weighted by Crippen LogP contribution is 2.30. The van der Waals surface area contributed by atoms with E-state index in [0.717, 1.165) is 29.3 Å². The largest absolute Gasteiger partial charge is 0.497 e. The highest BCUT2D eigenvalue weighted by Gasteiger charge is 2.29. The Morgan fingerprint density at radius 2 is 2.00 bits per heavy atom. The summed E-state index contributed by atoms with van der Waals surface area (Å²) in [6.45, 7) is 1.14. The predicted molar refractivity (Wildman–Crippen MR) is 124 cm³/mol. The van der Waals surface area contributed by atoms with Gasteiger partial charge in [-0.05, 0) is 43.0 Å². The molecule has 3 aromatic rings. The first-order chi connectivity index (χ1) is 15.6. The molecule has 0 spiro atoms. The van der Waals surface area contributed by atoms with Crippen LogP contribution in [0.4, 0.5) is 5.69 Å². The number of aromatic nitrogens is 1. The van der Waals surface area contributed by atoms with Gasteiger partial charge in [-0.1, -0.05) is 18.2 Å². The van der Waals surface area contributed by atoms with Gasteiger partial charge in [0.05, 0.1) is 25.8 Å². The minimum atomic E-state index is -0.243. The third kappa shape index (κ3) is 4.72. The monoisotopic (exact) mass is 435 g/mol. The van der Waals surface area contributed by atoms with Crippen molar-refractivity contribution < 1.29 is 19.1 Å². The minimum Gasteiger partial charge on any atom is -0.497 e. The molecular weight excluding hydrogens is 406 g/mol. The van der Waals surface area contributed by atoms with Crippen LogP contribution in [-0.4, -0.2) is 49.0 Å². The molecule has 7 heteroatoms. The quantitative estimate of drug-likeness (QED) is 0.588. The zero-order valence-corrected chi connectivity index (χ0v) is 18.5. The van der Waals surface area contributed by atoms with Gasteiger partial charge in [-0.25, -0.2) is 0 Å². The maximum Gasteiger partial charge on any atom is 0.229 e. The lowest BCUT2D eigenvalue weighted by Gasteiger charge is -2.32. The zero-order valence-electron chi connectivity index (χ0n) is 18.5. The van der Waals surface area contributed by atoms with Crippen LogP contribution in [0.25, 0.3) is 10.9 Å². The van der Waals surface area contributed by atoms with Gasteiger partial charge < -0.3 is 24.7 Å². The van der Waals surface area contributed by atoms with Crippen molar-refractivity contribution in [2.75, 3.05) is 32.6 Å². The van der Waals surface area contributed by atoms with Crippen LogP contribution in [0.1, 0.15) is 24.8 Å². The van der Waals surface area contributed by atoms with E-state index >= 15 is 0 Å². The normalized spacial score (nSPS) is 16.1. The standard InChI is InChI=1S/C25H29N3O4/c1-31-19-10-11-22(23(14-19)32-2)27-25(30)18-6-5-13-28(16-18)24(29)12-9-17-15-26-21-8-4-3-7-20(17)21/h3-4,7-8,10-11,14-15,18,26H,5-6,9,12-13,16H2,1-2H3,(H,27,30)/t18-/m0/s1. The lowest BCUT2D eigenvalue weighted by molar-refractivity contribution is -0.134. The van der Waals surface area contributed by atoms with Gasteiger partial charge in [0.1, 0.15) is 11.5 Å². The van der Waals surface area contributed by atoms with Crippen molar-refractivity contribution in [3.05, 3.63) is 54.2 Å². The number of aryl methyl sites for hydroxylation is 1. The van der Waals surface area contributed by atoms with Crippen molar-refractivity contribution in [1.29, 1.82) is 0 Å². The van der Waals surface area contributed by atoms with Gasteiger partial charge in [0.15, 0.2) is 0 Å². The summed E-state index contributed by atoms with van der Waals surface area (Å²) in [6, 6.07) is 13.4. The number of fused-ring (bicyclic) bond motifs is 1. The second kappa shape index (κ2) is 9.77. The van der Waals surface area contributed by atoms with Gasteiger partial charge in [0.2, 0.25) is 11.8 Å².